The molecule has 0 radical (unpaired) electrons. The van der Waals surface area contributed by atoms with Crippen molar-refractivity contribution in [1.82, 2.24) is 5.32 Å². The molecule has 1 heterocycles. The minimum atomic E-state index is -0.471. The molecule has 1 aliphatic rings. The first-order valence-corrected chi connectivity index (χ1v) is 9.02. The van der Waals surface area contributed by atoms with E-state index in [4.69, 9.17) is 4.74 Å². The van der Waals surface area contributed by atoms with Crippen LogP contribution in [-0.2, 0) is 16.1 Å². The Kier molecular flexibility index (Phi) is 5.88. The lowest BCUT2D eigenvalue weighted by Gasteiger charge is -2.20. The Bertz CT molecular complexity index is 882. The second-order valence-electron chi connectivity index (χ2n) is 6.45. The predicted octanol–water partition coefficient (Wildman–Crippen LogP) is 2.66. The average Bonchev–Trinajstić information content (AvgIpc) is 3.09. The zero-order valence-electron chi connectivity index (χ0n) is 15.5. The molecule has 146 valence electrons. The standard InChI is InChI=1S/C20H21N3O5/c1-2-28-18-6-4-3-5-17(18)22-13-15(11-19(22)24)20(25)21-12-14-7-9-16(10-8-14)23(26)27/h3-10,15H,2,11-13H2,1H3,(H,21,25). The molecule has 1 fully saturated rings. The van der Waals surface area contributed by atoms with Gasteiger partial charge >= 0.3 is 0 Å². The molecule has 1 atom stereocenters. The smallest absolute Gasteiger partial charge is 0.269 e. The summed E-state index contributed by atoms with van der Waals surface area (Å²) in [5.41, 5.74) is 1.42. The number of hydrogen-bond acceptors (Lipinski definition) is 5. The highest BCUT2D eigenvalue weighted by molar-refractivity contribution is 6.01. The molecular formula is C20H21N3O5. The number of carbonyl (C=O) groups excluding carboxylic acids is 2. The second-order valence-corrected chi connectivity index (χ2v) is 6.45. The number of anilines is 1. The van der Waals surface area contributed by atoms with Crippen LogP contribution in [0, 0.1) is 16.0 Å². The van der Waals surface area contributed by atoms with E-state index in [1.807, 2.05) is 19.1 Å². The van der Waals surface area contributed by atoms with Gasteiger partial charge in [-0.15, -0.1) is 0 Å². The first-order chi connectivity index (χ1) is 13.5. The summed E-state index contributed by atoms with van der Waals surface area (Å²) in [5.74, 6) is -0.184. The van der Waals surface area contributed by atoms with Crippen molar-refractivity contribution in [2.75, 3.05) is 18.1 Å². The van der Waals surface area contributed by atoms with Crippen molar-refractivity contribution in [3.05, 3.63) is 64.2 Å². The number of para-hydroxylation sites is 2. The topological polar surface area (TPSA) is 102 Å². The Hall–Kier alpha value is -3.42. The highest BCUT2D eigenvalue weighted by Crippen LogP contribution is 2.33. The second kappa shape index (κ2) is 8.51. The van der Waals surface area contributed by atoms with Gasteiger partial charge in [-0.2, -0.15) is 0 Å². The van der Waals surface area contributed by atoms with Gasteiger partial charge < -0.3 is 15.0 Å². The van der Waals surface area contributed by atoms with Gasteiger partial charge in [0.2, 0.25) is 11.8 Å². The summed E-state index contributed by atoms with van der Waals surface area (Å²) >= 11 is 0. The first kappa shape index (κ1) is 19.3. The molecule has 0 bridgehead atoms. The minimum Gasteiger partial charge on any atom is -0.492 e. The molecule has 2 aromatic carbocycles. The molecule has 0 aliphatic carbocycles. The fraction of sp³-hybridized carbons (Fsp3) is 0.300. The number of hydrogen-bond donors (Lipinski definition) is 1. The van der Waals surface area contributed by atoms with Crippen LogP contribution in [0.1, 0.15) is 18.9 Å². The van der Waals surface area contributed by atoms with Crippen molar-refractivity contribution in [2.24, 2.45) is 5.92 Å². The fourth-order valence-electron chi connectivity index (χ4n) is 3.14. The third kappa shape index (κ3) is 4.28. The molecule has 0 aromatic heterocycles. The van der Waals surface area contributed by atoms with Crippen molar-refractivity contribution < 1.29 is 19.2 Å². The van der Waals surface area contributed by atoms with Gasteiger partial charge in [-0.05, 0) is 24.6 Å². The molecule has 0 spiro atoms. The number of nitrogens with one attached hydrogen (secondary N) is 1. The number of benzene rings is 2. The maximum atomic E-state index is 12.5. The molecule has 8 nitrogen and oxygen atoms in total. The van der Waals surface area contributed by atoms with Crippen molar-refractivity contribution in [1.29, 1.82) is 0 Å². The van der Waals surface area contributed by atoms with E-state index in [1.165, 1.54) is 12.1 Å². The molecule has 1 saturated heterocycles. The number of ether oxygens (including phenoxy) is 1. The van der Waals surface area contributed by atoms with E-state index in [0.29, 0.717) is 18.0 Å². The quantitative estimate of drug-likeness (QED) is 0.585. The molecule has 2 aromatic rings. The number of non-ortho nitro benzene ring substituents is 1. The summed E-state index contributed by atoms with van der Waals surface area (Å²) in [6.45, 7) is 2.89. The highest BCUT2D eigenvalue weighted by Gasteiger charge is 2.36. The Morgan fingerprint density at radius 2 is 1.96 bits per heavy atom. The number of nitro benzene ring substituents is 1. The van der Waals surface area contributed by atoms with Gasteiger partial charge in [-0.1, -0.05) is 24.3 Å². The van der Waals surface area contributed by atoms with Crippen LogP contribution in [0.4, 0.5) is 11.4 Å². The molecule has 1 aliphatic heterocycles. The van der Waals surface area contributed by atoms with E-state index in [9.17, 15) is 19.7 Å². The highest BCUT2D eigenvalue weighted by atomic mass is 16.6. The number of carbonyl (C=O) groups is 2. The maximum absolute atomic E-state index is 12.5. The van der Waals surface area contributed by atoms with Gasteiger partial charge in [0, 0.05) is 31.6 Å². The van der Waals surface area contributed by atoms with Crippen LogP contribution in [0.3, 0.4) is 0 Å². The zero-order valence-corrected chi connectivity index (χ0v) is 15.5. The molecule has 1 N–H and O–H groups in total. The summed E-state index contributed by atoms with van der Waals surface area (Å²) < 4.78 is 5.58. The van der Waals surface area contributed by atoms with Gasteiger partial charge in [0.05, 0.1) is 23.1 Å². The largest absolute Gasteiger partial charge is 0.492 e. The average molecular weight is 383 g/mol. The molecule has 1 unspecified atom stereocenters. The number of nitrogens with zero attached hydrogens (tertiary/aromatic N) is 2. The monoisotopic (exact) mass is 383 g/mol. The van der Waals surface area contributed by atoms with Crippen LogP contribution >= 0.6 is 0 Å². The minimum absolute atomic E-state index is 0.0000661. The van der Waals surface area contributed by atoms with Crippen LogP contribution in [0.5, 0.6) is 5.75 Å². The molecule has 0 saturated carbocycles. The van der Waals surface area contributed by atoms with Crippen LogP contribution in [0.15, 0.2) is 48.5 Å². The maximum Gasteiger partial charge on any atom is 0.269 e. The van der Waals surface area contributed by atoms with E-state index in [2.05, 4.69) is 5.32 Å². The lowest BCUT2D eigenvalue weighted by atomic mass is 10.1. The van der Waals surface area contributed by atoms with Gasteiger partial charge in [0.1, 0.15) is 5.75 Å². The lowest BCUT2D eigenvalue weighted by molar-refractivity contribution is -0.384. The molecule has 8 heteroatoms. The summed E-state index contributed by atoms with van der Waals surface area (Å²) in [6, 6.07) is 13.3. The Morgan fingerprint density at radius 1 is 1.25 bits per heavy atom. The predicted molar refractivity (Wildman–Crippen MR) is 103 cm³/mol. The fourth-order valence-corrected chi connectivity index (χ4v) is 3.14. The third-order valence-corrected chi connectivity index (χ3v) is 4.57. The van der Waals surface area contributed by atoms with E-state index in [0.717, 1.165) is 5.56 Å². The Morgan fingerprint density at radius 3 is 2.64 bits per heavy atom. The summed E-state index contributed by atoms with van der Waals surface area (Å²) in [7, 11) is 0. The van der Waals surface area contributed by atoms with E-state index in [-0.39, 0.29) is 37.0 Å². The van der Waals surface area contributed by atoms with E-state index >= 15 is 0 Å². The van der Waals surface area contributed by atoms with Crippen molar-refractivity contribution >= 4 is 23.2 Å². The number of nitro groups is 1. The number of amides is 2. The Balaban J connectivity index is 1.61. The van der Waals surface area contributed by atoms with Crippen molar-refractivity contribution in [3.63, 3.8) is 0 Å². The van der Waals surface area contributed by atoms with Gasteiger partial charge in [0.25, 0.3) is 5.69 Å². The van der Waals surface area contributed by atoms with Crippen LogP contribution in [0.25, 0.3) is 0 Å². The van der Waals surface area contributed by atoms with Gasteiger partial charge in [-0.25, -0.2) is 0 Å². The van der Waals surface area contributed by atoms with E-state index < -0.39 is 10.8 Å². The third-order valence-electron chi connectivity index (χ3n) is 4.57. The van der Waals surface area contributed by atoms with Crippen LogP contribution in [0.2, 0.25) is 0 Å². The lowest BCUT2D eigenvalue weighted by Crippen LogP contribution is -2.32. The summed E-state index contributed by atoms with van der Waals surface area (Å²) in [5, 5.41) is 13.5. The van der Waals surface area contributed by atoms with Gasteiger partial charge in [0.15, 0.2) is 0 Å². The van der Waals surface area contributed by atoms with Crippen LogP contribution < -0.4 is 15.0 Å². The van der Waals surface area contributed by atoms with Gasteiger partial charge in [-0.3, -0.25) is 19.7 Å². The molecular weight excluding hydrogens is 362 g/mol. The SMILES string of the molecule is CCOc1ccccc1N1CC(C(=O)NCc2ccc([N+](=O)[O-])cc2)CC1=O. The zero-order chi connectivity index (χ0) is 20.1. The first-order valence-electron chi connectivity index (χ1n) is 9.02. The van der Waals surface area contributed by atoms with Crippen molar-refractivity contribution in [3.8, 4) is 5.75 Å². The number of rotatable bonds is 7. The normalized spacial score (nSPS) is 16.1. The molecule has 3 rings (SSSR count). The molecule has 28 heavy (non-hydrogen) atoms. The summed E-state index contributed by atoms with van der Waals surface area (Å²) in [6.07, 6.45) is 0.132. The molecule has 2 amide bonds. The summed E-state index contributed by atoms with van der Waals surface area (Å²) in [4.78, 5) is 36.7. The van der Waals surface area contributed by atoms with Crippen molar-refractivity contribution in [2.45, 2.75) is 19.9 Å². The van der Waals surface area contributed by atoms with Crippen LogP contribution in [-0.4, -0.2) is 29.9 Å². The Labute approximate surface area is 162 Å². The van der Waals surface area contributed by atoms with E-state index in [1.54, 1.807) is 29.2 Å².